The van der Waals surface area contributed by atoms with E-state index in [4.69, 9.17) is 32.4 Å². The molecule has 13 heteroatoms. The first-order valence-electron chi connectivity index (χ1n) is 11.1. The number of benzene rings is 2. The van der Waals surface area contributed by atoms with E-state index in [1.165, 1.54) is 24.3 Å². The van der Waals surface area contributed by atoms with Crippen LogP contribution in [0, 0.1) is 17.0 Å². The molecule has 0 saturated carbocycles. The van der Waals surface area contributed by atoms with E-state index >= 15 is 0 Å². The van der Waals surface area contributed by atoms with E-state index < -0.39 is 16.7 Å². The molecule has 2 aromatic carbocycles. The molecular formula is C24H21Cl2N5O6. The highest BCUT2D eigenvalue weighted by molar-refractivity contribution is 6.35. The molecule has 1 aromatic heterocycles. The van der Waals surface area contributed by atoms with Crippen LogP contribution in [0.15, 0.2) is 52.0 Å². The number of carbonyl (C=O) groups is 2. The van der Waals surface area contributed by atoms with Crippen LogP contribution in [-0.2, 0) is 11.2 Å². The summed E-state index contributed by atoms with van der Waals surface area (Å²) in [6.45, 7) is 1.35. The number of hydrazone groups is 1. The molecule has 0 fully saturated rings. The standard InChI is InChI=1S/C24H21Cl2N5O6/c1-13-22-18(28-27-15-6-8-16(9-7-15)31(34)35)3-2-4-20(22)37-23(13)24(33)30-29-21(32)12-36-19-10-5-14(25)11-17(19)26/h5-11,27H,2-4,12H2,1H3,(H,29,32)(H,30,33)/b28-18+. The first-order chi connectivity index (χ1) is 17.7. The molecule has 11 nitrogen and oxygen atoms in total. The number of hydrogen-bond acceptors (Lipinski definition) is 8. The molecule has 2 amide bonds. The van der Waals surface area contributed by atoms with Crippen molar-refractivity contribution in [3.8, 4) is 5.75 Å². The molecule has 192 valence electrons. The van der Waals surface area contributed by atoms with Gasteiger partial charge in [0.05, 0.1) is 21.3 Å². The lowest BCUT2D eigenvalue weighted by Gasteiger charge is -2.13. The minimum Gasteiger partial charge on any atom is -0.482 e. The molecule has 0 spiro atoms. The number of hydrogen-bond donors (Lipinski definition) is 3. The number of non-ortho nitro benzene ring substituents is 1. The number of furan rings is 1. The molecule has 0 saturated heterocycles. The Labute approximate surface area is 220 Å². The first-order valence-corrected chi connectivity index (χ1v) is 11.8. The van der Waals surface area contributed by atoms with Crippen LogP contribution in [0.3, 0.4) is 0 Å². The van der Waals surface area contributed by atoms with E-state index in [0.717, 1.165) is 12.0 Å². The number of fused-ring (bicyclic) bond motifs is 1. The Balaban J connectivity index is 1.38. The molecule has 0 atom stereocenters. The van der Waals surface area contributed by atoms with Crippen LogP contribution in [0.2, 0.25) is 10.0 Å². The summed E-state index contributed by atoms with van der Waals surface area (Å²) >= 11 is 11.8. The van der Waals surface area contributed by atoms with Crippen molar-refractivity contribution in [1.82, 2.24) is 10.9 Å². The molecule has 0 radical (unpaired) electrons. The molecule has 37 heavy (non-hydrogen) atoms. The second-order valence-corrected chi connectivity index (χ2v) is 8.89. The van der Waals surface area contributed by atoms with E-state index in [1.807, 2.05) is 0 Å². The fourth-order valence-electron chi connectivity index (χ4n) is 3.74. The lowest BCUT2D eigenvalue weighted by Crippen LogP contribution is -2.43. The van der Waals surface area contributed by atoms with Crippen molar-refractivity contribution in [2.45, 2.75) is 26.2 Å². The number of nitro groups is 1. The van der Waals surface area contributed by atoms with Gasteiger partial charge in [0.2, 0.25) is 0 Å². The Morgan fingerprint density at radius 1 is 1.14 bits per heavy atom. The number of carbonyl (C=O) groups excluding carboxylic acids is 2. The maximum Gasteiger partial charge on any atom is 0.305 e. The minimum atomic E-state index is -0.632. The number of halogens is 2. The SMILES string of the molecule is Cc1c(C(=O)NNC(=O)COc2ccc(Cl)cc2Cl)oc2c1/C(=N/Nc1ccc([N+](=O)[O-])cc1)CCC2. The number of nitrogens with one attached hydrogen (secondary N) is 3. The number of nitrogens with zero attached hydrogens (tertiary/aromatic N) is 2. The van der Waals surface area contributed by atoms with E-state index in [0.29, 0.717) is 40.6 Å². The van der Waals surface area contributed by atoms with Crippen molar-refractivity contribution in [3.05, 3.63) is 85.3 Å². The molecular weight excluding hydrogens is 525 g/mol. The average Bonchev–Trinajstić information content (AvgIpc) is 3.22. The Bertz CT molecular complexity index is 1390. The molecule has 1 aliphatic rings. The van der Waals surface area contributed by atoms with Gasteiger partial charge < -0.3 is 9.15 Å². The van der Waals surface area contributed by atoms with Gasteiger partial charge in [0.1, 0.15) is 11.5 Å². The molecule has 1 heterocycles. The highest BCUT2D eigenvalue weighted by atomic mass is 35.5. The monoisotopic (exact) mass is 545 g/mol. The van der Waals surface area contributed by atoms with E-state index in [-0.39, 0.29) is 28.8 Å². The number of amides is 2. The molecule has 4 rings (SSSR count). The topological polar surface area (TPSA) is 148 Å². The van der Waals surface area contributed by atoms with Crippen molar-refractivity contribution in [1.29, 1.82) is 0 Å². The van der Waals surface area contributed by atoms with Gasteiger partial charge in [-0.3, -0.25) is 36.0 Å². The van der Waals surface area contributed by atoms with Crippen LogP contribution in [0.5, 0.6) is 5.75 Å². The van der Waals surface area contributed by atoms with Crippen LogP contribution < -0.4 is 21.0 Å². The van der Waals surface area contributed by atoms with Gasteiger partial charge in [-0.05, 0) is 50.1 Å². The predicted octanol–water partition coefficient (Wildman–Crippen LogP) is 4.80. The second kappa shape index (κ2) is 11.3. The van der Waals surface area contributed by atoms with Gasteiger partial charge in [-0.25, -0.2) is 0 Å². The Morgan fingerprint density at radius 2 is 1.89 bits per heavy atom. The summed E-state index contributed by atoms with van der Waals surface area (Å²) in [6, 6.07) is 10.5. The van der Waals surface area contributed by atoms with Crippen molar-refractivity contribution in [3.63, 3.8) is 0 Å². The van der Waals surface area contributed by atoms with Crippen molar-refractivity contribution < 1.29 is 23.7 Å². The fourth-order valence-corrected chi connectivity index (χ4v) is 4.20. The van der Waals surface area contributed by atoms with Crippen molar-refractivity contribution in [2.75, 3.05) is 12.0 Å². The van der Waals surface area contributed by atoms with Crippen LogP contribution >= 0.6 is 23.2 Å². The van der Waals surface area contributed by atoms with Crippen molar-refractivity contribution >= 4 is 52.1 Å². The molecule has 0 bridgehead atoms. The van der Waals surface area contributed by atoms with Gasteiger partial charge in [-0.2, -0.15) is 5.10 Å². The Hall–Kier alpha value is -4.09. The zero-order chi connectivity index (χ0) is 26.5. The van der Waals surface area contributed by atoms with Crippen LogP contribution in [0.1, 0.15) is 40.3 Å². The van der Waals surface area contributed by atoms with Gasteiger partial charge in [-0.1, -0.05) is 23.2 Å². The third-order valence-corrected chi connectivity index (χ3v) is 6.03. The molecule has 3 aromatic rings. The van der Waals surface area contributed by atoms with Gasteiger partial charge in [-0.15, -0.1) is 0 Å². The van der Waals surface area contributed by atoms with E-state index in [1.54, 1.807) is 25.1 Å². The van der Waals surface area contributed by atoms with Gasteiger partial charge in [0.15, 0.2) is 12.4 Å². The molecule has 0 unspecified atom stereocenters. The van der Waals surface area contributed by atoms with Gasteiger partial charge >= 0.3 is 5.91 Å². The smallest absolute Gasteiger partial charge is 0.305 e. The summed E-state index contributed by atoms with van der Waals surface area (Å²) in [6.07, 6.45) is 2.04. The highest BCUT2D eigenvalue weighted by Crippen LogP contribution is 2.30. The molecule has 0 aliphatic heterocycles. The predicted molar refractivity (Wildman–Crippen MR) is 137 cm³/mol. The highest BCUT2D eigenvalue weighted by Gasteiger charge is 2.28. The number of rotatable bonds is 7. The largest absolute Gasteiger partial charge is 0.482 e. The summed E-state index contributed by atoms with van der Waals surface area (Å²) in [5.74, 6) is -0.298. The minimum absolute atomic E-state index is 0.0214. The average molecular weight is 546 g/mol. The second-order valence-electron chi connectivity index (χ2n) is 8.05. The third kappa shape index (κ3) is 6.19. The summed E-state index contributed by atoms with van der Waals surface area (Å²) in [4.78, 5) is 35.2. The quantitative estimate of drug-likeness (QED) is 0.285. The number of nitro benzene ring substituents is 1. The van der Waals surface area contributed by atoms with Gasteiger partial charge in [0, 0.05) is 34.7 Å². The van der Waals surface area contributed by atoms with Crippen LogP contribution in [0.25, 0.3) is 0 Å². The van der Waals surface area contributed by atoms with Crippen molar-refractivity contribution in [2.24, 2.45) is 5.10 Å². The fraction of sp³-hybridized carbons (Fsp3) is 0.208. The van der Waals surface area contributed by atoms with E-state index in [9.17, 15) is 19.7 Å². The Kier molecular flexibility index (Phi) is 7.95. The van der Waals surface area contributed by atoms with Crippen LogP contribution in [-0.4, -0.2) is 29.1 Å². The lowest BCUT2D eigenvalue weighted by atomic mass is 9.93. The van der Waals surface area contributed by atoms with Crippen LogP contribution in [0.4, 0.5) is 11.4 Å². The summed E-state index contributed by atoms with van der Waals surface area (Å²) in [5.41, 5.74) is 10.0. The number of aryl methyl sites for hydroxylation is 1. The summed E-state index contributed by atoms with van der Waals surface area (Å²) in [7, 11) is 0. The summed E-state index contributed by atoms with van der Waals surface area (Å²) < 4.78 is 11.1. The molecule has 1 aliphatic carbocycles. The normalized spacial score (nSPS) is 13.5. The zero-order valence-corrected chi connectivity index (χ0v) is 21.0. The number of hydrazine groups is 1. The zero-order valence-electron chi connectivity index (χ0n) is 19.5. The number of anilines is 1. The maximum absolute atomic E-state index is 12.7. The Morgan fingerprint density at radius 3 is 2.59 bits per heavy atom. The first kappa shape index (κ1) is 26.0. The molecule has 3 N–H and O–H groups in total. The third-order valence-electron chi connectivity index (χ3n) is 5.50. The maximum atomic E-state index is 12.7. The summed E-state index contributed by atoms with van der Waals surface area (Å²) in [5, 5.41) is 15.9. The van der Waals surface area contributed by atoms with Gasteiger partial charge in [0.25, 0.3) is 11.6 Å². The van der Waals surface area contributed by atoms with E-state index in [2.05, 4.69) is 21.4 Å². The number of ether oxygens (including phenoxy) is 1. The lowest BCUT2D eigenvalue weighted by molar-refractivity contribution is -0.384.